The SMILES string of the molecule is Cc1cc(-c2nc(-c3ccccc3)nc(-c3cccc(-c4cccc5cccnc45)c3)n2)nc2c1ccc1ccc(C3=CCCC=C3)nc12. The summed E-state index contributed by atoms with van der Waals surface area (Å²) in [6.45, 7) is 2.11. The van der Waals surface area contributed by atoms with Crippen LogP contribution >= 0.6 is 0 Å². The predicted molar refractivity (Wildman–Crippen MR) is 199 cm³/mol. The largest absolute Gasteiger partial charge is 0.256 e. The van der Waals surface area contributed by atoms with E-state index >= 15 is 0 Å². The lowest BCUT2D eigenvalue weighted by Gasteiger charge is -2.12. The van der Waals surface area contributed by atoms with Crippen molar-refractivity contribution in [1.29, 1.82) is 0 Å². The molecule has 232 valence electrons. The van der Waals surface area contributed by atoms with Gasteiger partial charge in [0.25, 0.3) is 0 Å². The van der Waals surface area contributed by atoms with Gasteiger partial charge in [-0.3, -0.25) is 4.98 Å². The number of allylic oxidation sites excluding steroid dienone is 4. The lowest BCUT2D eigenvalue weighted by atomic mass is 10.00. The van der Waals surface area contributed by atoms with E-state index in [4.69, 9.17) is 29.9 Å². The molecule has 1 aliphatic rings. The maximum atomic E-state index is 5.23. The Morgan fingerprint density at radius 3 is 2.12 bits per heavy atom. The van der Waals surface area contributed by atoms with Crippen molar-refractivity contribution in [1.82, 2.24) is 29.9 Å². The number of aryl methyl sites for hydroxylation is 1. The van der Waals surface area contributed by atoms with Gasteiger partial charge < -0.3 is 0 Å². The maximum absolute atomic E-state index is 5.23. The smallest absolute Gasteiger partial charge is 0.182 e. The highest BCUT2D eigenvalue weighted by Gasteiger charge is 2.17. The van der Waals surface area contributed by atoms with E-state index in [-0.39, 0.29) is 0 Å². The minimum absolute atomic E-state index is 0.511. The summed E-state index contributed by atoms with van der Waals surface area (Å²) in [4.78, 5) is 30.2. The number of para-hydroxylation sites is 1. The van der Waals surface area contributed by atoms with Gasteiger partial charge in [0, 0.05) is 39.0 Å². The average molecular weight is 631 g/mol. The number of rotatable bonds is 5. The van der Waals surface area contributed by atoms with Crippen molar-refractivity contribution in [2.45, 2.75) is 19.8 Å². The van der Waals surface area contributed by atoms with Crippen LogP contribution in [-0.2, 0) is 0 Å². The van der Waals surface area contributed by atoms with E-state index in [0.717, 1.165) is 84.6 Å². The summed E-state index contributed by atoms with van der Waals surface area (Å²) in [5, 5.41) is 3.20. The van der Waals surface area contributed by atoms with E-state index in [2.05, 4.69) is 91.9 Å². The number of pyridine rings is 3. The fourth-order valence-corrected chi connectivity index (χ4v) is 6.62. The van der Waals surface area contributed by atoms with Crippen LogP contribution < -0.4 is 0 Å². The Morgan fingerprint density at radius 2 is 1.24 bits per heavy atom. The minimum Gasteiger partial charge on any atom is -0.256 e. The van der Waals surface area contributed by atoms with Crippen LogP contribution in [0.1, 0.15) is 24.1 Å². The van der Waals surface area contributed by atoms with Gasteiger partial charge in [-0.2, -0.15) is 0 Å². The van der Waals surface area contributed by atoms with E-state index in [1.54, 1.807) is 0 Å². The van der Waals surface area contributed by atoms with Gasteiger partial charge in [0.15, 0.2) is 17.5 Å². The Labute approximate surface area is 283 Å². The highest BCUT2D eigenvalue weighted by atomic mass is 15.0. The summed E-state index contributed by atoms with van der Waals surface area (Å²) in [6, 6.07) is 39.2. The van der Waals surface area contributed by atoms with Gasteiger partial charge in [-0.15, -0.1) is 0 Å². The van der Waals surface area contributed by atoms with Crippen LogP contribution in [0.5, 0.6) is 0 Å². The van der Waals surface area contributed by atoms with Gasteiger partial charge >= 0.3 is 0 Å². The molecule has 0 saturated carbocycles. The lowest BCUT2D eigenvalue weighted by Crippen LogP contribution is -2.02. The van der Waals surface area contributed by atoms with E-state index < -0.39 is 0 Å². The summed E-state index contributed by atoms with van der Waals surface area (Å²) in [5.41, 5.74) is 10.4. The number of hydrogen-bond donors (Lipinski definition) is 0. The first-order valence-electron chi connectivity index (χ1n) is 16.5. The zero-order valence-corrected chi connectivity index (χ0v) is 26.9. The first kappa shape index (κ1) is 28.8. The molecule has 0 saturated heterocycles. The molecular formula is C43H30N6. The molecule has 0 bridgehead atoms. The molecule has 8 aromatic rings. The van der Waals surface area contributed by atoms with Crippen LogP contribution in [-0.4, -0.2) is 29.9 Å². The summed E-state index contributed by atoms with van der Waals surface area (Å²) in [7, 11) is 0. The molecule has 9 rings (SSSR count). The standard InChI is InChI=1S/C43H30N6/c1-27-25-37(46-40-34(27)22-20-30-21-23-36(45-39(30)40)28-11-4-2-5-12-28)43-48-41(31-13-6-3-7-14-31)47-42(49-43)33-17-8-16-32(26-33)35-19-9-15-29-18-10-24-44-38(29)35/h3-4,6-26H,2,5H2,1H3. The Morgan fingerprint density at radius 1 is 0.510 bits per heavy atom. The molecular weight excluding hydrogens is 601 g/mol. The van der Waals surface area contributed by atoms with Gasteiger partial charge in [0.05, 0.1) is 22.2 Å². The van der Waals surface area contributed by atoms with Gasteiger partial charge in [-0.25, -0.2) is 24.9 Å². The molecule has 0 unspecified atom stereocenters. The third kappa shape index (κ3) is 5.33. The fraction of sp³-hybridized carbons (Fsp3) is 0.0698. The molecule has 1 aliphatic carbocycles. The monoisotopic (exact) mass is 630 g/mol. The quantitative estimate of drug-likeness (QED) is 0.176. The fourth-order valence-electron chi connectivity index (χ4n) is 6.62. The zero-order chi connectivity index (χ0) is 32.7. The molecule has 0 fully saturated rings. The van der Waals surface area contributed by atoms with E-state index in [1.165, 1.54) is 0 Å². The molecule has 0 atom stereocenters. The van der Waals surface area contributed by atoms with Crippen molar-refractivity contribution in [3.63, 3.8) is 0 Å². The number of fused-ring (bicyclic) bond motifs is 4. The molecule has 4 aromatic heterocycles. The van der Waals surface area contributed by atoms with Crippen molar-refractivity contribution in [3.8, 4) is 45.4 Å². The normalized spacial score (nSPS) is 12.9. The van der Waals surface area contributed by atoms with Crippen molar-refractivity contribution >= 4 is 38.3 Å². The van der Waals surface area contributed by atoms with Crippen molar-refractivity contribution in [3.05, 3.63) is 151 Å². The highest BCUT2D eigenvalue weighted by molar-refractivity contribution is 6.05. The topological polar surface area (TPSA) is 77.3 Å². The maximum Gasteiger partial charge on any atom is 0.182 e. The van der Waals surface area contributed by atoms with E-state index in [1.807, 2.05) is 54.7 Å². The highest BCUT2D eigenvalue weighted by Crippen LogP contribution is 2.33. The lowest BCUT2D eigenvalue weighted by molar-refractivity contribution is 1.04. The zero-order valence-electron chi connectivity index (χ0n) is 26.9. The molecule has 4 aromatic carbocycles. The van der Waals surface area contributed by atoms with Crippen molar-refractivity contribution < 1.29 is 0 Å². The molecule has 0 amide bonds. The minimum atomic E-state index is 0.511. The molecule has 0 N–H and O–H groups in total. The number of hydrogen-bond acceptors (Lipinski definition) is 6. The molecule has 49 heavy (non-hydrogen) atoms. The Bertz CT molecular complexity index is 2620. The second-order valence-corrected chi connectivity index (χ2v) is 12.3. The van der Waals surface area contributed by atoms with Crippen LogP contribution in [0, 0.1) is 6.92 Å². The molecule has 0 aliphatic heterocycles. The van der Waals surface area contributed by atoms with Crippen LogP contribution in [0.15, 0.2) is 140 Å². The molecule has 0 radical (unpaired) electrons. The molecule has 0 spiro atoms. The second-order valence-electron chi connectivity index (χ2n) is 12.3. The Kier molecular flexibility index (Phi) is 7.05. The number of aromatic nitrogens is 6. The van der Waals surface area contributed by atoms with Gasteiger partial charge in [-0.05, 0) is 60.7 Å². The first-order valence-corrected chi connectivity index (χ1v) is 16.5. The van der Waals surface area contributed by atoms with Gasteiger partial charge in [0.1, 0.15) is 5.69 Å². The van der Waals surface area contributed by atoms with Crippen LogP contribution in [0.25, 0.3) is 83.7 Å². The molecule has 6 heteroatoms. The summed E-state index contributed by atoms with van der Waals surface area (Å²) >= 11 is 0. The Hall–Kier alpha value is -6.40. The van der Waals surface area contributed by atoms with Crippen LogP contribution in [0.4, 0.5) is 0 Å². The summed E-state index contributed by atoms with van der Waals surface area (Å²) < 4.78 is 0. The number of nitrogens with zero attached hydrogens (tertiary/aromatic N) is 6. The van der Waals surface area contributed by atoms with Gasteiger partial charge in [0.2, 0.25) is 0 Å². The summed E-state index contributed by atoms with van der Waals surface area (Å²) in [5.74, 6) is 1.68. The average Bonchev–Trinajstić information content (AvgIpc) is 3.18. The molecule has 4 heterocycles. The van der Waals surface area contributed by atoms with Crippen molar-refractivity contribution in [2.75, 3.05) is 0 Å². The Balaban J connectivity index is 1.23. The van der Waals surface area contributed by atoms with Crippen LogP contribution in [0.3, 0.4) is 0 Å². The van der Waals surface area contributed by atoms with Crippen LogP contribution in [0.2, 0.25) is 0 Å². The third-order valence-electron chi connectivity index (χ3n) is 9.10. The molecule has 6 nitrogen and oxygen atoms in total. The third-order valence-corrected chi connectivity index (χ3v) is 9.10. The summed E-state index contributed by atoms with van der Waals surface area (Å²) in [6.07, 6.45) is 10.6. The van der Waals surface area contributed by atoms with Crippen molar-refractivity contribution in [2.24, 2.45) is 0 Å². The second kappa shape index (κ2) is 12.0. The first-order chi connectivity index (χ1) is 24.2. The number of benzene rings is 4. The van der Waals surface area contributed by atoms with Gasteiger partial charge in [-0.1, -0.05) is 109 Å². The van der Waals surface area contributed by atoms with E-state index in [0.29, 0.717) is 23.2 Å². The predicted octanol–water partition coefficient (Wildman–Crippen LogP) is 10.2. The van der Waals surface area contributed by atoms with E-state index in [9.17, 15) is 0 Å².